The van der Waals surface area contributed by atoms with Gasteiger partial charge >= 0.3 is 0 Å². The van der Waals surface area contributed by atoms with Crippen LogP contribution in [0.1, 0.15) is 12.0 Å². The molecule has 0 bridgehead atoms. The molecular formula is C16H13Cl2N3S2. The number of hydrazone groups is 1. The second kappa shape index (κ2) is 7.53. The maximum Gasteiger partial charge on any atom is 0.191 e. The van der Waals surface area contributed by atoms with Crippen LogP contribution in [0.2, 0.25) is 10.0 Å². The molecule has 0 saturated carbocycles. The van der Waals surface area contributed by atoms with Gasteiger partial charge < -0.3 is 5.32 Å². The number of rotatable bonds is 2. The van der Waals surface area contributed by atoms with Crippen LogP contribution < -0.4 is 10.7 Å². The van der Waals surface area contributed by atoms with Gasteiger partial charge in [-0.3, -0.25) is 5.43 Å². The minimum atomic E-state index is 0.441. The summed E-state index contributed by atoms with van der Waals surface area (Å²) in [4.78, 5) is 1.02. The Kier molecular flexibility index (Phi) is 5.43. The lowest BCUT2D eigenvalue weighted by molar-refractivity contribution is 1.02. The molecule has 118 valence electrons. The third kappa shape index (κ3) is 4.18. The van der Waals surface area contributed by atoms with Gasteiger partial charge in [0.2, 0.25) is 0 Å². The van der Waals surface area contributed by atoms with Crippen LogP contribution in [0.15, 0.2) is 52.5 Å². The molecule has 7 heteroatoms. The second-order valence-electron chi connectivity index (χ2n) is 4.85. The molecule has 0 aliphatic carbocycles. The molecule has 0 atom stereocenters. The van der Waals surface area contributed by atoms with E-state index in [1.54, 1.807) is 17.8 Å². The Bertz CT molecular complexity index is 763. The first-order chi connectivity index (χ1) is 11.1. The van der Waals surface area contributed by atoms with Gasteiger partial charge in [-0.25, -0.2) is 0 Å². The lowest BCUT2D eigenvalue weighted by Crippen LogP contribution is -2.26. The number of thiocarbonyl (C=S) groups is 1. The molecule has 0 spiro atoms. The Morgan fingerprint density at radius 2 is 1.96 bits per heavy atom. The molecule has 0 radical (unpaired) electrons. The average Bonchev–Trinajstić information content (AvgIpc) is 2.54. The third-order valence-electron chi connectivity index (χ3n) is 3.23. The first-order valence-electron chi connectivity index (χ1n) is 6.94. The summed E-state index contributed by atoms with van der Waals surface area (Å²) >= 11 is 19.4. The fraction of sp³-hybridized carbons (Fsp3) is 0.125. The smallest absolute Gasteiger partial charge is 0.191 e. The van der Waals surface area contributed by atoms with Gasteiger partial charge in [0.1, 0.15) is 0 Å². The van der Waals surface area contributed by atoms with E-state index in [0.29, 0.717) is 15.2 Å². The number of thioether (sulfide) groups is 1. The zero-order chi connectivity index (χ0) is 16.2. The molecule has 2 N–H and O–H groups in total. The standard InChI is InChI=1S/C16H13Cl2N3S2/c17-10-8-12-14(6-7-23-15(12)13(18)9-10)20-21-16(22)19-11-4-2-1-3-5-11/h1-5,8-9H,6-7H2,(H2,19,21,22)/b20-14+. The van der Waals surface area contributed by atoms with Crippen LogP contribution in [0.25, 0.3) is 0 Å². The van der Waals surface area contributed by atoms with E-state index in [-0.39, 0.29) is 0 Å². The summed E-state index contributed by atoms with van der Waals surface area (Å²) < 4.78 is 0. The number of hydrogen-bond acceptors (Lipinski definition) is 3. The summed E-state index contributed by atoms with van der Waals surface area (Å²) in [5.41, 5.74) is 5.68. The predicted octanol–water partition coefficient (Wildman–Crippen LogP) is 5.18. The summed E-state index contributed by atoms with van der Waals surface area (Å²) in [5.74, 6) is 0.924. The summed E-state index contributed by atoms with van der Waals surface area (Å²) in [7, 11) is 0. The minimum Gasteiger partial charge on any atom is -0.331 e. The van der Waals surface area contributed by atoms with Crippen LogP contribution in [0, 0.1) is 0 Å². The van der Waals surface area contributed by atoms with Gasteiger partial charge in [-0.1, -0.05) is 41.4 Å². The van der Waals surface area contributed by atoms with Crippen molar-refractivity contribution in [2.75, 3.05) is 11.1 Å². The number of fused-ring (bicyclic) bond motifs is 1. The van der Waals surface area contributed by atoms with Gasteiger partial charge in [0.05, 0.1) is 10.7 Å². The van der Waals surface area contributed by atoms with Crippen molar-refractivity contribution in [1.82, 2.24) is 5.43 Å². The van der Waals surface area contributed by atoms with Gasteiger partial charge in [-0.2, -0.15) is 5.10 Å². The molecule has 1 heterocycles. The lowest BCUT2D eigenvalue weighted by atomic mass is 10.1. The summed E-state index contributed by atoms with van der Waals surface area (Å²) in [6.45, 7) is 0. The van der Waals surface area contributed by atoms with Crippen LogP contribution in [0.3, 0.4) is 0 Å². The van der Waals surface area contributed by atoms with Crippen molar-refractivity contribution in [3.05, 3.63) is 58.1 Å². The molecule has 23 heavy (non-hydrogen) atoms. The van der Waals surface area contributed by atoms with Crippen molar-refractivity contribution in [3.8, 4) is 0 Å². The first kappa shape index (κ1) is 16.6. The highest BCUT2D eigenvalue weighted by Crippen LogP contribution is 2.38. The number of anilines is 1. The molecule has 3 rings (SSSR count). The van der Waals surface area contributed by atoms with Crippen molar-refractivity contribution in [1.29, 1.82) is 0 Å². The van der Waals surface area contributed by atoms with E-state index in [4.69, 9.17) is 35.4 Å². The fourth-order valence-corrected chi connectivity index (χ4v) is 4.07. The van der Waals surface area contributed by atoms with Crippen LogP contribution in [0.4, 0.5) is 5.69 Å². The highest BCUT2D eigenvalue weighted by Gasteiger charge is 2.19. The maximum atomic E-state index is 6.26. The second-order valence-corrected chi connectivity index (χ2v) is 7.21. The normalized spacial score (nSPS) is 15.1. The monoisotopic (exact) mass is 381 g/mol. The van der Waals surface area contributed by atoms with E-state index < -0.39 is 0 Å². The summed E-state index contributed by atoms with van der Waals surface area (Å²) in [6, 6.07) is 13.4. The SMILES string of the molecule is S=C(N/N=C1\CCSc2c(Cl)cc(Cl)cc21)Nc1ccccc1. The number of benzene rings is 2. The first-order valence-corrected chi connectivity index (χ1v) is 9.09. The Balaban J connectivity index is 1.76. The van der Waals surface area contributed by atoms with Gasteiger partial charge in [0, 0.05) is 33.3 Å². The summed E-state index contributed by atoms with van der Waals surface area (Å²) in [6.07, 6.45) is 0.829. The van der Waals surface area contributed by atoms with Crippen LogP contribution in [-0.4, -0.2) is 16.6 Å². The Labute approximate surface area is 154 Å². The van der Waals surface area contributed by atoms with E-state index in [0.717, 1.165) is 34.0 Å². The van der Waals surface area contributed by atoms with Gasteiger partial charge in [-0.05, 0) is 36.5 Å². The molecule has 3 nitrogen and oxygen atoms in total. The maximum absolute atomic E-state index is 6.26. The predicted molar refractivity (Wildman–Crippen MR) is 104 cm³/mol. The third-order valence-corrected chi connectivity index (χ3v) is 5.19. The zero-order valence-electron chi connectivity index (χ0n) is 12.0. The largest absolute Gasteiger partial charge is 0.331 e. The molecule has 1 aliphatic heterocycles. The van der Waals surface area contributed by atoms with Crippen LogP contribution in [0.5, 0.6) is 0 Å². The van der Waals surface area contributed by atoms with Gasteiger partial charge in [0.25, 0.3) is 0 Å². The topological polar surface area (TPSA) is 36.4 Å². The Hall–Kier alpha value is -1.27. The molecule has 0 fully saturated rings. The van der Waals surface area contributed by atoms with Crippen molar-refractivity contribution in [3.63, 3.8) is 0 Å². The number of halogens is 2. The van der Waals surface area contributed by atoms with E-state index in [9.17, 15) is 0 Å². The van der Waals surface area contributed by atoms with Crippen molar-refractivity contribution in [2.45, 2.75) is 11.3 Å². The molecule has 0 unspecified atom stereocenters. The Morgan fingerprint density at radius 1 is 1.17 bits per heavy atom. The highest BCUT2D eigenvalue weighted by atomic mass is 35.5. The molecule has 0 saturated heterocycles. The number of nitrogens with zero attached hydrogens (tertiary/aromatic N) is 1. The zero-order valence-corrected chi connectivity index (χ0v) is 15.1. The highest BCUT2D eigenvalue weighted by molar-refractivity contribution is 7.99. The fourth-order valence-electron chi connectivity index (χ4n) is 2.22. The number of nitrogens with one attached hydrogen (secondary N) is 2. The summed E-state index contributed by atoms with van der Waals surface area (Å²) in [5, 5.41) is 9.23. The number of hydrogen-bond donors (Lipinski definition) is 2. The molecule has 0 aromatic heterocycles. The quantitative estimate of drug-likeness (QED) is 0.554. The molecule has 2 aromatic rings. The van der Waals surface area contributed by atoms with Crippen molar-refractivity contribution >= 4 is 63.7 Å². The van der Waals surface area contributed by atoms with E-state index >= 15 is 0 Å². The van der Waals surface area contributed by atoms with Crippen LogP contribution in [-0.2, 0) is 0 Å². The average molecular weight is 382 g/mol. The molecule has 0 amide bonds. The van der Waals surface area contributed by atoms with E-state index in [1.807, 2.05) is 36.4 Å². The Morgan fingerprint density at radius 3 is 2.74 bits per heavy atom. The van der Waals surface area contributed by atoms with E-state index in [1.165, 1.54) is 0 Å². The number of para-hydroxylation sites is 1. The van der Waals surface area contributed by atoms with Crippen molar-refractivity contribution < 1.29 is 0 Å². The molecular weight excluding hydrogens is 369 g/mol. The van der Waals surface area contributed by atoms with Gasteiger partial charge in [-0.15, -0.1) is 11.8 Å². The lowest BCUT2D eigenvalue weighted by Gasteiger charge is -2.19. The van der Waals surface area contributed by atoms with Crippen molar-refractivity contribution in [2.24, 2.45) is 5.10 Å². The molecule has 1 aliphatic rings. The minimum absolute atomic E-state index is 0.441. The van der Waals surface area contributed by atoms with Gasteiger partial charge in [0.15, 0.2) is 5.11 Å². The van der Waals surface area contributed by atoms with E-state index in [2.05, 4.69) is 15.8 Å². The van der Waals surface area contributed by atoms with Crippen LogP contribution >= 0.6 is 47.2 Å². The molecule has 2 aromatic carbocycles.